The predicted molar refractivity (Wildman–Crippen MR) is 138 cm³/mol. The van der Waals surface area contributed by atoms with Crippen molar-refractivity contribution in [3.63, 3.8) is 0 Å². The van der Waals surface area contributed by atoms with E-state index in [1.807, 2.05) is 24.8 Å². The SMILES string of the molecule is CCCCC(C1=CC=C(C(=O)NCCC(=O)O)CC1)N1C(=O)C(c2cc(Cl)cc(Cl)c2)=NC1(C)C. The number of rotatable bonds is 10. The summed E-state index contributed by atoms with van der Waals surface area (Å²) in [6, 6.07) is 4.85. The number of amides is 2. The first-order chi connectivity index (χ1) is 16.5. The first-order valence-electron chi connectivity index (χ1n) is 11.8. The van der Waals surface area contributed by atoms with E-state index in [9.17, 15) is 14.4 Å². The number of nitrogens with one attached hydrogen (secondary N) is 1. The van der Waals surface area contributed by atoms with Crippen LogP contribution in [0.3, 0.4) is 0 Å². The number of unbranched alkanes of at least 4 members (excludes halogenated alkanes) is 1. The van der Waals surface area contributed by atoms with Crippen molar-refractivity contribution in [2.24, 2.45) is 4.99 Å². The van der Waals surface area contributed by atoms with Crippen molar-refractivity contribution in [2.75, 3.05) is 6.54 Å². The lowest BCUT2D eigenvalue weighted by Crippen LogP contribution is -2.50. The average Bonchev–Trinajstić information content (AvgIpc) is 3.02. The summed E-state index contributed by atoms with van der Waals surface area (Å²) in [5.74, 6) is -1.38. The van der Waals surface area contributed by atoms with Crippen molar-refractivity contribution in [3.8, 4) is 0 Å². The molecule has 1 aliphatic carbocycles. The van der Waals surface area contributed by atoms with Gasteiger partial charge < -0.3 is 15.3 Å². The van der Waals surface area contributed by atoms with Crippen LogP contribution in [0.15, 0.2) is 46.5 Å². The zero-order valence-electron chi connectivity index (χ0n) is 20.2. The lowest BCUT2D eigenvalue weighted by atomic mass is 9.88. The Balaban J connectivity index is 1.86. The zero-order valence-corrected chi connectivity index (χ0v) is 21.7. The maximum Gasteiger partial charge on any atom is 0.305 e. The molecule has 188 valence electrons. The minimum atomic E-state index is -0.955. The monoisotopic (exact) mass is 519 g/mol. The Hall–Kier alpha value is -2.64. The highest BCUT2D eigenvalue weighted by atomic mass is 35.5. The number of halogens is 2. The van der Waals surface area contributed by atoms with Crippen LogP contribution >= 0.6 is 23.2 Å². The first kappa shape index (κ1) is 27.0. The van der Waals surface area contributed by atoms with Gasteiger partial charge in [-0.2, -0.15) is 0 Å². The average molecular weight is 520 g/mol. The number of carboxylic acid groups (broad SMARTS) is 1. The summed E-state index contributed by atoms with van der Waals surface area (Å²) in [7, 11) is 0. The van der Waals surface area contributed by atoms with Gasteiger partial charge in [-0.1, -0.05) is 55.1 Å². The van der Waals surface area contributed by atoms with E-state index in [0.717, 1.165) is 24.8 Å². The van der Waals surface area contributed by atoms with Gasteiger partial charge in [0.05, 0.1) is 12.5 Å². The van der Waals surface area contributed by atoms with Gasteiger partial charge in [0.2, 0.25) is 5.91 Å². The Labute approximate surface area is 215 Å². The fraction of sp³-hybridized carbons (Fsp3) is 0.462. The lowest BCUT2D eigenvalue weighted by molar-refractivity contribution is -0.137. The van der Waals surface area contributed by atoms with Crippen LogP contribution in [-0.2, 0) is 14.4 Å². The largest absolute Gasteiger partial charge is 0.481 e. The number of hydrogen-bond acceptors (Lipinski definition) is 4. The number of benzene rings is 1. The number of hydrogen-bond donors (Lipinski definition) is 2. The highest BCUT2D eigenvalue weighted by Crippen LogP contribution is 2.36. The molecular formula is C26H31Cl2N3O4. The highest BCUT2D eigenvalue weighted by Gasteiger charge is 2.45. The number of nitrogens with zero attached hydrogens (tertiary/aromatic N) is 2. The van der Waals surface area contributed by atoms with Crippen molar-refractivity contribution >= 4 is 46.7 Å². The van der Waals surface area contributed by atoms with Crippen molar-refractivity contribution in [3.05, 3.63) is 57.1 Å². The van der Waals surface area contributed by atoms with Gasteiger partial charge in [0.15, 0.2) is 0 Å². The second kappa shape index (κ2) is 11.4. The zero-order chi connectivity index (χ0) is 25.8. The van der Waals surface area contributed by atoms with Crippen LogP contribution in [0.4, 0.5) is 0 Å². The first-order valence-corrected chi connectivity index (χ1v) is 12.6. The Kier molecular flexibility index (Phi) is 8.78. The Morgan fingerprint density at radius 2 is 1.86 bits per heavy atom. The lowest BCUT2D eigenvalue weighted by Gasteiger charge is -2.39. The van der Waals surface area contributed by atoms with Crippen LogP contribution in [0, 0.1) is 0 Å². The standard InChI is InChI=1S/C26H31Cl2N3O4/c1-4-5-6-21(16-7-9-17(10-8-16)24(34)29-12-11-22(32)33)31-25(35)23(30-26(31,2)3)18-13-19(27)15-20(28)14-18/h7,9,13-15,21H,4-6,8,10-12H2,1-3H3,(H,29,34)(H,32,33). The van der Waals surface area contributed by atoms with Gasteiger partial charge in [-0.3, -0.25) is 19.4 Å². The number of carboxylic acids is 1. The van der Waals surface area contributed by atoms with E-state index < -0.39 is 11.6 Å². The molecule has 1 atom stereocenters. The molecule has 1 aromatic rings. The van der Waals surface area contributed by atoms with Crippen molar-refractivity contribution in [1.29, 1.82) is 0 Å². The fourth-order valence-electron chi connectivity index (χ4n) is 4.53. The molecule has 0 saturated heterocycles. The van der Waals surface area contributed by atoms with Crippen LogP contribution in [0.2, 0.25) is 10.0 Å². The molecule has 0 fully saturated rings. The summed E-state index contributed by atoms with van der Waals surface area (Å²) < 4.78 is 0. The van der Waals surface area contributed by atoms with Gasteiger partial charge in [-0.25, -0.2) is 0 Å². The maximum absolute atomic E-state index is 13.7. The molecule has 0 radical (unpaired) electrons. The maximum atomic E-state index is 13.7. The second-order valence-electron chi connectivity index (χ2n) is 9.28. The van der Waals surface area contributed by atoms with Crippen LogP contribution in [0.25, 0.3) is 0 Å². The van der Waals surface area contributed by atoms with Gasteiger partial charge in [-0.15, -0.1) is 0 Å². The van der Waals surface area contributed by atoms with Crippen molar-refractivity contribution in [2.45, 2.75) is 71.0 Å². The van der Waals surface area contributed by atoms with Gasteiger partial charge in [0, 0.05) is 27.7 Å². The number of aliphatic carboxylic acids is 1. The molecule has 0 spiro atoms. The molecule has 1 heterocycles. The third-order valence-corrected chi connectivity index (χ3v) is 6.64. The van der Waals surface area contributed by atoms with E-state index in [1.54, 1.807) is 24.3 Å². The fourth-order valence-corrected chi connectivity index (χ4v) is 5.06. The Morgan fingerprint density at radius 3 is 2.43 bits per heavy atom. The molecule has 0 aromatic heterocycles. The van der Waals surface area contributed by atoms with E-state index in [-0.39, 0.29) is 30.8 Å². The third-order valence-electron chi connectivity index (χ3n) is 6.20. The quantitative estimate of drug-likeness (QED) is 0.445. The predicted octanol–water partition coefficient (Wildman–Crippen LogP) is 5.16. The topological polar surface area (TPSA) is 99.1 Å². The summed E-state index contributed by atoms with van der Waals surface area (Å²) in [6.45, 7) is 6.04. The summed E-state index contributed by atoms with van der Waals surface area (Å²) in [4.78, 5) is 43.4. The van der Waals surface area contributed by atoms with Crippen LogP contribution in [-0.4, -0.2) is 51.8 Å². The number of allylic oxidation sites excluding steroid dienone is 2. The van der Waals surface area contributed by atoms with Gasteiger partial charge in [-0.05, 0) is 56.9 Å². The van der Waals surface area contributed by atoms with Crippen LogP contribution in [0.5, 0.6) is 0 Å². The van der Waals surface area contributed by atoms with Gasteiger partial charge in [0.1, 0.15) is 11.4 Å². The molecule has 2 aliphatic rings. The van der Waals surface area contributed by atoms with E-state index in [1.165, 1.54) is 0 Å². The van der Waals surface area contributed by atoms with Crippen molar-refractivity contribution in [1.82, 2.24) is 10.2 Å². The molecule has 9 heteroatoms. The summed E-state index contributed by atoms with van der Waals surface area (Å²) in [5.41, 5.74) is 1.84. The molecule has 35 heavy (non-hydrogen) atoms. The minimum absolute atomic E-state index is 0.0886. The molecule has 2 N–H and O–H groups in total. The van der Waals surface area contributed by atoms with Crippen molar-refractivity contribution < 1.29 is 19.5 Å². The summed E-state index contributed by atoms with van der Waals surface area (Å²) in [5, 5.41) is 12.3. The summed E-state index contributed by atoms with van der Waals surface area (Å²) in [6.07, 6.45) is 7.44. The molecule has 2 amide bonds. The molecule has 1 aromatic carbocycles. The molecule has 0 bridgehead atoms. The third kappa shape index (κ3) is 6.53. The number of aliphatic imine (C=N–C) groups is 1. The van der Waals surface area contributed by atoms with E-state index in [4.69, 9.17) is 33.3 Å². The molecule has 1 aliphatic heterocycles. The smallest absolute Gasteiger partial charge is 0.305 e. The second-order valence-corrected chi connectivity index (χ2v) is 10.2. The van der Waals surface area contributed by atoms with E-state index >= 15 is 0 Å². The molecular weight excluding hydrogens is 489 g/mol. The van der Waals surface area contributed by atoms with Gasteiger partial charge >= 0.3 is 5.97 Å². The highest BCUT2D eigenvalue weighted by molar-refractivity contribution is 6.47. The van der Waals surface area contributed by atoms with Gasteiger partial charge in [0.25, 0.3) is 5.91 Å². The molecule has 0 saturated carbocycles. The number of carbonyl (C=O) groups is 3. The van der Waals surface area contributed by atoms with E-state index in [2.05, 4.69) is 12.2 Å². The normalized spacial score (nSPS) is 18.0. The van der Waals surface area contributed by atoms with E-state index in [0.29, 0.717) is 39.7 Å². The number of carbonyl (C=O) groups excluding carboxylic acids is 2. The Bertz CT molecular complexity index is 1090. The molecule has 3 rings (SSSR count). The Morgan fingerprint density at radius 1 is 1.17 bits per heavy atom. The van der Waals surface area contributed by atoms with Crippen LogP contribution in [0.1, 0.15) is 64.9 Å². The minimum Gasteiger partial charge on any atom is -0.481 e. The van der Waals surface area contributed by atoms with Crippen LogP contribution < -0.4 is 5.32 Å². The summed E-state index contributed by atoms with van der Waals surface area (Å²) >= 11 is 12.4. The molecule has 7 nitrogen and oxygen atoms in total. The molecule has 1 unspecified atom stereocenters.